The van der Waals surface area contributed by atoms with Crippen LogP contribution in [0.3, 0.4) is 0 Å². The quantitative estimate of drug-likeness (QED) is 0.438. The van der Waals surface area contributed by atoms with E-state index in [1.54, 1.807) is 0 Å². The first-order valence-electron chi connectivity index (χ1n) is 9.87. The van der Waals surface area contributed by atoms with Crippen molar-refractivity contribution in [2.24, 2.45) is 0 Å². The van der Waals surface area contributed by atoms with Crippen LogP contribution in [0.15, 0.2) is 18.2 Å². The second-order valence-electron chi connectivity index (χ2n) is 7.29. The molecule has 2 rings (SSSR count). The third kappa shape index (κ3) is 5.00. The van der Waals surface area contributed by atoms with Gasteiger partial charge in [0.05, 0.1) is 0 Å². The molecule has 0 fully saturated rings. The van der Waals surface area contributed by atoms with E-state index in [-0.39, 0.29) is 0 Å². The molecule has 0 aliphatic heterocycles. The summed E-state index contributed by atoms with van der Waals surface area (Å²) in [5.74, 6) is 0. The second kappa shape index (κ2) is 9.84. The number of unbranched alkanes of at least 4 members (excludes halogenated alkanes) is 3. The Hall–Kier alpha value is -0.511. The molecule has 0 atom stereocenters. The number of para-hydroxylation sites is 1. The van der Waals surface area contributed by atoms with E-state index in [0.717, 1.165) is 0 Å². The molecule has 2 nitrogen and oxygen atoms in total. The molecule has 0 aliphatic carbocycles. The molecule has 132 valence electrons. The van der Waals surface area contributed by atoms with Crippen molar-refractivity contribution in [1.29, 1.82) is 0 Å². The summed E-state index contributed by atoms with van der Waals surface area (Å²) >= 11 is -0.724. The van der Waals surface area contributed by atoms with Crippen molar-refractivity contribution in [2.75, 3.05) is 0 Å². The minimum atomic E-state index is -0.724. The zero-order valence-corrected chi connectivity index (χ0v) is 18.9. The van der Waals surface area contributed by atoms with Gasteiger partial charge in [0.15, 0.2) is 0 Å². The molecule has 24 heavy (non-hydrogen) atoms. The number of fused-ring (bicyclic) bond motifs is 1. The summed E-state index contributed by atoms with van der Waals surface area (Å²) in [6.07, 6.45) is 12.4. The molecule has 1 heterocycles. The van der Waals surface area contributed by atoms with Crippen molar-refractivity contribution in [3.05, 3.63) is 23.8 Å². The molecule has 1 aromatic heterocycles. The van der Waals surface area contributed by atoms with Crippen LogP contribution < -0.4 is 3.71 Å². The summed E-state index contributed by atoms with van der Waals surface area (Å²) < 4.78 is 2.15. The van der Waals surface area contributed by atoms with Crippen molar-refractivity contribution in [3.63, 3.8) is 0 Å². The number of rotatable bonds is 11. The van der Waals surface area contributed by atoms with E-state index in [9.17, 15) is 0 Å². The molecule has 0 saturated carbocycles. The van der Waals surface area contributed by atoms with Gasteiger partial charge in [-0.25, -0.2) is 0 Å². The molecule has 2 radical (unpaired) electrons. The second-order valence-corrected chi connectivity index (χ2v) is 12.5. The van der Waals surface area contributed by atoms with Crippen LogP contribution >= 0.6 is 0 Å². The van der Waals surface area contributed by atoms with E-state index in [1.807, 2.05) is 0 Å². The Kier molecular flexibility index (Phi) is 8.12. The summed E-state index contributed by atoms with van der Waals surface area (Å²) in [6, 6.07) is 6.66. The Bertz CT molecular complexity index is 596. The summed E-state index contributed by atoms with van der Waals surface area (Å²) in [5.41, 5.74) is 2.50. The van der Waals surface area contributed by atoms with Gasteiger partial charge >= 0.3 is 159 Å². The molecule has 3 heteroatoms. The molecular weight excluding hydrogens is 399 g/mol. The van der Waals surface area contributed by atoms with Crippen LogP contribution in [0.2, 0.25) is 3.43 Å². The fourth-order valence-electron chi connectivity index (χ4n) is 3.65. The van der Waals surface area contributed by atoms with Crippen molar-refractivity contribution < 1.29 is 0 Å². The van der Waals surface area contributed by atoms with Crippen LogP contribution in [0.1, 0.15) is 84.1 Å². The molecule has 0 bridgehead atoms. The van der Waals surface area contributed by atoms with Gasteiger partial charge in [0.1, 0.15) is 0 Å². The molecule has 1 aromatic carbocycles. The van der Waals surface area contributed by atoms with E-state index in [4.69, 9.17) is 0 Å². The SMILES string of the molecule is CCCC[C](CCCC)(CCCC)[Sn][c]1[nH]nc2c(C)cccc12. The fraction of sp³-hybridized carbons (Fsp3) is 0.667. The molecule has 2 aromatic rings. The zero-order chi connectivity index (χ0) is 17.4. The van der Waals surface area contributed by atoms with Crippen LogP contribution in [0.25, 0.3) is 10.9 Å². The van der Waals surface area contributed by atoms with E-state index < -0.39 is 21.1 Å². The monoisotopic (exact) mass is 434 g/mol. The first-order valence-corrected chi connectivity index (χ1v) is 12.7. The molecule has 1 N–H and O–H groups in total. The van der Waals surface area contributed by atoms with Gasteiger partial charge in [0.25, 0.3) is 0 Å². The molecule has 0 spiro atoms. The molecule has 0 unspecified atom stereocenters. The standard InChI is InChI=1S/C13H27.C8H7N2.Sn/c1-4-7-10-13(11-8-5-2)12-9-6-3;1-6-3-2-4-7-5-9-10-8(6)7;/h4-12H2,1-3H3;2-4H,1H3,(H,9,10);. The van der Waals surface area contributed by atoms with Crippen molar-refractivity contribution in [2.45, 2.75) is 88.9 Å². The normalized spacial score (nSPS) is 12.2. The molecule has 0 amide bonds. The predicted molar refractivity (Wildman–Crippen MR) is 107 cm³/mol. The van der Waals surface area contributed by atoms with Gasteiger partial charge in [0, 0.05) is 0 Å². The predicted octanol–water partition coefficient (Wildman–Crippen LogP) is 5.93. The first kappa shape index (κ1) is 19.8. The van der Waals surface area contributed by atoms with Gasteiger partial charge in [0.2, 0.25) is 0 Å². The maximum absolute atomic E-state index is 4.66. The van der Waals surface area contributed by atoms with Crippen molar-refractivity contribution in [1.82, 2.24) is 10.2 Å². The molecule has 0 saturated heterocycles. The van der Waals surface area contributed by atoms with Gasteiger partial charge in [-0.1, -0.05) is 0 Å². The number of aromatic amines is 1. The van der Waals surface area contributed by atoms with E-state index >= 15 is 0 Å². The summed E-state index contributed by atoms with van der Waals surface area (Å²) in [5, 5.41) is 9.54. The van der Waals surface area contributed by atoms with Crippen LogP contribution in [0.5, 0.6) is 0 Å². The summed E-state index contributed by atoms with van der Waals surface area (Å²) in [6.45, 7) is 9.19. The average Bonchev–Trinajstić information content (AvgIpc) is 3.00. The third-order valence-electron chi connectivity index (χ3n) is 5.20. The first-order chi connectivity index (χ1) is 11.7. The van der Waals surface area contributed by atoms with Gasteiger partial charge in [-0.05, 0) is 0 Å². The number of nitrogens with zero attached hydrogens (tertiary/aromatic N) is 1. The van der Waals surface area contributed by atoms with Crippen LogP contribution in [-0.4, -0.2) is 31.3 Å². The van der Waals surface area contributed by atoms with Crippen molar-refractivity contribution in [3.8, 4) is 0 Å². The van der Waals surface area contributed by atoms with Crippen LogP contribution in [-0.2, 0) is 0 Å². The zero-order valence-electron chi connectivity index (χ0n) is 16.0. The number of benzene rings is 1. The summed E-state index contributed by atoms with van der Waals surface area (Å²) in [4.78, 5) is 0. The van der Waals surface area contributed by atoms with Crippen LogP contribution in [0, 0.1) is 6.92 Å². The van der Waals surface area contributed by atoms with Crippen LogP contribution in [0.4, 0.5) is 0 Å². The van der Waals surface area contributed by atoms with Crippen molar-refractivity contribution >= 4 is 35.8 Å². The van der Waals surface area contributed by atoms with Gasteiger partial charge in [-0.15, -0.1) is 0 Å². The number of aromatic nitrogens is 2. The number of nitrogens with one attached hydrogen (secondary N) is 1. The minimum absolute atomic E-state index is 0.620. The van der Waals surface area contributed by atoms with E-state index in [0.29, 0.717) is 3.43 Å². The number of aryl methyl sites for hydroxylation is 1. The third-order valence-corrected chi connectivity index (χ3v) is 10.7. The van der Waals surface area contributed by atoms with E-state index in [2.05, 4.69) is 56.1 Å². The fourth-order valence-corrected chi connectivity index (χ4v) is 9.03. The Morgan fingerprint density at radius 2 is 1.54 bits per heavy atom. The Labute approximate surface area is 158 Å². The maximum atomic E-state index is 4.66. The number of hydrogen-bond donors (Lipinski definition) is 1. The number of H-pyrrole nitrogens is 1. The van der Waals surface area contributed by atoms with Gasteiger partial charge in [-0.2, -0.15) is 0 Å². The Morgan fingerprint density at radius 3 is 2.08 bits per heavy atom. The van der Waals surface area contributed by atoms with Gasteiger partial charge < -0.3 is 0 Å². The number of hydrogen-bond acceptors (Lipinski definition) is 1. The Balaban J connectivity index is 2.31. The summed E-state index contributed by atoms with van der Waals surface area (Å²) in [7, 11) is 0. The topological polar surface area (TPSA) is 28.7 Å². The van der Waals surface area contributed by atoms with E-state index in [1.165, 1.54) is 78.0 Å². The average molecular weight is 433 g/mol. The molecule has 0 aliphatic rings. The Morgan fingerprint density at radius 1 is 0.958 bits per heavy atom. The van der Waals surface area contributed by atoms with Gasteiger partial charge in [-0.3, -0.25) is 0 Å². The molecular formula is C21H34N2Sn.